The molecule has 108 valence electrons. The molecule has 20 heavy (non-hydrogen) atoms. The first-order valence-corrected chi connectivity index (χ1v) is 7.09. The third kappa shape index (κ3) is 3.82. The molecule has 0 aromatic heterocycles. The van der Waals surface area contributed by atoms with Gasteiger partial charge in [0.15, 0.2) is 0 Å². The fourth-order valence-corrected chi connectivity index (χ4v) is 2.31. The number of rotatable bonds is 5. The molecular weight excluding hydrogens is 276 g/mol. The largest absolute Gasteiger partial charge is 0.376 e. The molecule has 1 saturated carbocycles. The van der Waals surface area contributed by atoms with Gasteiger partial charge in [-0.3, -0.25) is 4.79 Å². The van der Waals surface area contributed by atoms with Crippen LogP contribution in [0.4, 0.5) is 0 Å². The lowest BCUT2D eigenvalue weighted by molar-refractivity contribution is -0.121. The summed E-state index contributed by atoms with van der Waals surface area (Å²) in [5.41, 5.74) is 6.80. The minimum atomic E-state index is -0.162. The Morgan fingerprint density at radius 3 is 2.80 bits per heavy atom. The second-order valence-corrected chi connectivity index (χ2v) is 5.25. The lowest BCUT2D eigenvalue weighted by Crippen LogP contribution is -2.64. The van der Waals surface area contributed by atoms with Crippen LogP contribution in [0, 0.1) is 0 Å². The number of amides is 1. The second kappa shape index (κ2) is 6.88. The van der Waals surface area contributed by atoms with Crippen LogP contribution in [-0.4, -0.2) is 30.7 Å². The van der Waals surface area contributed by atoms with Crippen molar-refractivity contribution in [2.75, 3.05) is 6.61 Å². The third-order valence-electron chi connectivity index (χ3n) is 3.35. The molecule has 0 radical (unpaired) electrons. The molecule has 3 N–H and O–H groups in total. The molecule has 3 atom stereocenters. The Morgan fingerprint density at radius 1 is 1.50 bits per heavy atom. The number of nitrogens with two attached hydrogens (primary N) is 1. The molecule has 3 unspecified atom stereocenters. The van der Waals surface area contributed by atoms with Crippen molar-refractivity contribution in [3.8, 4) is 0 Å². The third-order valence-corrected chi connectivity index (χ3v) is 3.61. The number of carbonyl (C=O) groups is 1. The summed E-state index contributed by atoms with van der Waals surface area (Å²) < 4.78 is 5.50. The average molecular weight is 295 g/mol. The first-order valence-electron chi connectivity index (χ1n) is 6.71. The SMILES string of the molecule is CCOC1CC(N)C1NC(=O)C=Cc1ccc(Cl)cc1. The molecule has 1 aliphatic rings. The molecule has 1 aromatic carbocycles. The van der Waals surface area contributed by atoms with Crippen molar-refractivity contribution >= 4 is 23.6 Å². The van der Waals surface area contributed by atoms with Gasteiger partial charge >= 0.3 is 0 Å². The van der Waals surface area contributed by atoms with Gasteiger partial charge in [-0.25, -0.2) is 0 Å². The van der Waals surface area contributed by atoms with Crippen LogP contribution >= 0.6 is 11.6 Å². The van der Waals surface area contributed by atoms with Gasteiger partial charge < -0.3 is 15.8 Å². The molecule has 1 amide bonds. The van der Waals surface area contributed by atoms with Gasteiger partial charge in [0.2, 0.25) is 5.91 Å². The van der Waals surface area contributed by atoms with E-state index in [2.05, 4.69) is 5.32 Å². The van der Waals surface area contributed by atoms with Crippen LogP contribution in [0.5, 0.6) is 0 Å². The first kappa shape index (κ1) is 15.0. The van der Waals surface area contributed by atoms with Crippen molar-refractivity contribution in [2.24, 2.45) is 5.73 Å². The van der Waals surface area contributed by atoms with Gasteiger partial charge in [0.05, 0.1) is 12.1 Å². The lowest BCUT2D eigenvalue weighted by atomic mass is 9.83. The van der Waals surface area contributed by atoms with Crippen LogP contribution in [0.1, 0.15) is 18.9 Å². The standard InChI is InChI=1S/C15H19ClN2O2/c1-2-20-13-9-12(17)15(13)18-14(19)8-5-10-3-6-11(16)7-4-10/h3-8,12-13,15H,2,9,17H2,1H3,(H,18,19). The summed E-state index contributed by atoms with van der Waals surface area (Å²) in [4.78, 5) is 11.8. The summed E-state index contributed by atoms with van der Waals surface area (Å²) in [7, 11) is 0. The van der Waals surface area contributed by atoms with Gasteiger partial charge in [0.1, 0.15) is 0 Å². The highest BCUT2D eigenvalue weighted by Crippen LogP contribution is 2.22. The van der Waals surface area contributed by atoms with Gasteiger partial charge in [-0.1, -0.05) is 23.7 Å². The molecule has 2 rings (SSSR count). The lowest BCUT2D eigenvalue weighted by Gasteiger charge is -2.42. The normalized spacial score (nSPS) is 25.4. The molecule has 0 heterocycles. The van der Waals surface area contributed by atoms with Gasteiger partial charge in [0.25, 0.3) is 0 Å². The van der Waals surface area contributed by atoms with E-state index >= 15 is 0 Å². The Morgan fingerprint density at radius 2 is 2.20 bits per heavy atom. The van der Waals surface area contributed by atoms with E-state index in [1.165, 1.54) is 6.08 Å². The maximum atomic E-state index is 11.8. The van der Waals surface area contributed by atoms with Crippen molar-refractivity contribution in [3.05, 3.63) is 40.9 Å². The van der Waals surface area contributed by atoms with Gasteiger partial charge in [0, 0.05) is 23.7 Å². The number of hydrogen-bond acceptors (Lipinski definition) is 3. The van der Waals surface area contributed by atoms with Crippen molar-refractivity contribution in [1.82, 2.24) is 5.32 Å². The van der Waals surface area contributed by atoms with E-state index < -0.39 is 0 Å². The highest BCUT2D eigenvalue weighted by molar-refractivity contribution is 6.30. The maximum absolute atomic E-state index is 11.8. The molecule has 0 aliphatic heterocycles. The number of ether oxygens (including phenoxy) is 1. The minimum Gasteiger partial charge on any atom is -0.376 e. The predicted molar refractivity (Wildman–Crippen MR) is 80.4 cm³/mol. The minimum absolute atomic E-state index is 0.0283. The summed E-state index contributed by atoms with van der Waals surface area (Å²) in [6.45, 7) is 2.56. The molecule has 1 fully saturated rings. The van der Waals surface area contributed by atoms with E-state index in [4.69, 9.17) is 22.1 Å². The van der Waals surface area contributed by atoms with E-state index in [-0.39, 0.29) is 24.1 Å². The fourth-order valence-electron chi connectivity index (χ4n) is 2.19. The zero-order valence-electron chi connectivity index (χ0n) is 11.4. The summed E-state index contributed by atoms with van der Waals surface area (Å²) in [6.07, 6.45) is 4.06. The number of carbonyl (C=O) groups excluding carboxylic acids is 1. The van der Waals surface area contributed by atoms with Crippen LogP contribution < -0.4 is 11.1 Å². The van der Waals surface area contributed by atoms with Gasteiger partial charge in [-0.2, -0.15) is 0 Å². The van der Waals surface area contributed by atoms with E-state index in [0.717, 1.165) is 12.0 Å². The van der Waals surface area contributed by atoms with Crippen LogP contribution in [0.2, 0.25) is 5.02 Å². The Labute approximate surface area is 123 Å². The second-order valence-electron chi connectivity index (χ2n) is 4.81. The molecule has 0 bridgehead atoms. The van der Waals surface area contributed by atoms with Crippen LogP contribution in [0.25, 0.3) is 6.08 Å². The number of hydrogen-bond donors (Lipinski definition) is 2. The van der Waals surface area contributed by atoms with E-state index in [0.29, 0.717) is 11.6 Å². The summed E-state index contributed by atoms with van der Waals surface area (Å²) >= 11 is 5.80. The molecule has 0 spiro atoms. The van der Waals surface area contributed by atoms with Crippen LogP contribution in [-0.2, 0) is 9.53 Å². The molecular formula is C15H19ClN2O2. The maximum Gasteiger partial charge on any atom is 0.244 e. The van der Waals surface area contributed by atoms with Gasteiger partial charge in [-0.05, 0) is 37.1 Å². The number of nitrogens with one attached hydrogen (secondary N) is 1. The Balaban J connectivity index is 1.87. The summed E-state index contributed by atoms with van der Waals surface area (Å²) in [6, 6.07) is 7.14. The number of benzene rings is 1. The van der Waals surface area contributed by atoms with Crippen molar-refractivity contribution in [1.29, 1.82) is 0 Å². The van der Waals surface area contributed by atoms with Crippen molar-refractivity contribution in [2.45, 2.75) is 31.5 Å². The molecule has 0 saturated heterocycles. The van der Waals surface area contributed by atoms with Crippen LogP contribution in [0.3, 0.4) is 0 Å². The highest BCUT2D eigenvalue weighted by Gasteiger charge is 2.39. The average Bonchev–Trinajstić information content (AvgIpc) is 2.44. The number of halogens is 1. The monoisotopic (exact) mass is 294 g/mol. The Bertz CT molecular complexity index is 485. The molecule has 1 aromatic rings. The molecule has 4 nitrogen and oxygen atoms in total. The zero-order chi connectivity index (χ0) is 14.5. The van der Waals surface area contributed by atoms with Crippen molar-refractivity contribution < 1.29 is 9.53 Å². The van der Waals surface area contributed by atoms with E-state index in [9.17, 15) is 4.79 Å². The zero-order valence-corrected chi connectivity index (χ0v) is 12.1. The fraction of sp³-hybridized carbons (Fsp3) is 0.400. The van der Waals surface area contributed by atoms with Crippen molar-refractivity contribution in [3.63, 3.8) is 0 Å². The van der Waals surface area contributed by atoms with Crippen LogP contribution in [0.15, 0.2) is 30.3 Å². The Hall–Kier alpha value is -1.36. The quantitative estimate of drug-likeness (QED) is 0.816. The smallest absolute Gasteiger partial charge is 0.244 e. The summed E-state index contributed by atoms with van der Waals surface area (Å²) in [5, 5.41) is 3.55. The topological polar surface area (TPSA) is 64.3 Å². The predicted octanol–water partition coefficient (Wildman–Crippen LogP) is 1.97. The first-order chi connectivity index (χ1) is 9.60. The summed E-state index contributed by atoms with van der Waals surface area (Å²) in [5.74, 6) is -0.162. The van der Waals surface area contributed by atoms with Gasteiger partial charge in [-0.15, -0.1) is 0 Å². The highest BCUT2D eigenvalue weighted by atomic mass is 35.5. The molecule has 1 aliphatic carbocycles. The molecule has 5 heteroatoms. The Kier molecular flexibility index (Phi) is 5.17. The van der Waals surface area contributed by atoms with E-state index in [1.54, 1.807) is 18.2 Å². The van der Waals surface area contributed by atoms with E-state index in [1.807, 2.05) is 19.1 Å².